The SMILES string of the molecule is Cc1cc(NC(=O)/C(=C/c2cccs2)NC(=O)c2ccccc2)ccc1N1CCCC1=O. The summed E-state index contributed by atoms with van der Waals surface area (Å²) in [6.45, 7) is 2.63. The number of carbonyl (C=O) groups excluding carboxylic acids is 3. The van der Waals surface area contributed by atoms with Crippen molar-refractivity contribution in [3.8, 4) is 0 Å². The number of rotatable bonds is 6. The monoisotopic (exact) mass is 445 g/mol. The number of aryl methyl sites for hydroxylation is 1. The average Bonchev–Trinajstić information content (AvgIpc) is 3.46. The van der Waals surface area contributed by atoms with E-state index in [4.69, 9.17) is 0 Å². The average molecular weight is 446 g/mol. The zero-order chi connectivity index (χ0) is 22.5. The topological polar surface area (TPSA) is 78.5 Å². The normalized spacial score (nSPS) is 13.8. The van der Waals surface area contributed by atoms with Gasteiger partial charge < -0.3 is 15.5 Å². The van der Waals surface area contributed by atoms with Gasteiger partial charge in [0.15, 0.2) is 0 Å². The maximum Gasteiger partial charge on any atom is 0.272 e. The molecule has 0 radical (unpaired) electrons. The first-order valence-electron chi connectivity index (χ1n) is 10.4. The molecular formula is C25H23N3O3S. The number of amides is 3. The van der Waals surface area contributed by atoms with Crippen molar-refractivity contribution in [3.05, 3.63) is 87.7 Å². The van der Waals surface area contributed by atoms with Crippen LogP contribution in [-0.4, -0.2) is 24.3 Å². The Balaban J connectivity index is 1.54. The lowest BCUT2D eigenvalue weighted by molar-refractivity contribution is -0.117. The molecule has 7 heteroatoms. The molecule has 0 saturated carbocycles. The fourth-order valence-corrected chi connectivity index (χ4v) is 4.25. The van der Waals surface area contributed by atoms with Crippen LogP contribution in [0.5, 0.6) is 0 Å². The van der Waals surface area contributed by atoms with Crippen LogP contribution in [0.3, 0.4) is 0 Å². The van der Waals surface area contributed by atoms with Gasteiger partial charge in [-0.25, -0.2) is 0 Å². The van der Waals surface area contributed by atoms with Crippen LogP contribution in [0.2, 0.25) is 0 Å². The van der Waals surface area contributed by atoms with Gasteiger partial charge in [-0.2, -0.15) is 0 Å². The van der Waals surface area contributed by atoms with Gasteiger partial charge in [0.2, 0.25) is 5.91 Å². The summed E-state index contributed by atoms with van der Waals surface area (Å²) in [6, 6.07) is 18.0. The number of hydrogen-bond acceptors (Lipinski definition) is 4. The molecule has 0 spiro atoms. The van der Waals surface area contributed by atoms with E-state index in [2.05, 4.69) is 10.6 Å². The molecule has 3 amide bonds. The van der Waals surface area contributed by atoms with Crippen molar-refractivity contribution < 1.29 is 14.4 Å². The molecule has 1 saturated heterocycles. The van der Waals surface area contributed by atoms with Gasteiger partial charge in [-0.05, 0) is 66.8 Å². The van der Waals surface area contributed by atoms with E-state index in [1.165, 1.54) is 11.3 Å². The third-order valence-corrected chi connectivity index (χ3v) is 6.00. The highest BCUT2D eigenvalue weighted by Gasteiger charge is 2.23. The van der Waals surface area contributed by atoms with Crippen molar-refractivity contribution >= 4 is 46.5 Å². The molecule has 32 heavy (non-hydrogen) atoms. The summed E-state index contributed by atoms with van der Waals surface area (Å²) in [6.07, 6.45) is 3.08. The van der Waals surface area contributed by atoms with Crippen LogP contribution in [0.1, 0.15) is 33.6 Å². The standard InChI is InChI=1S/C25H23N3O3S/c1-17-15-19(11-12-22(17)28-13-5-10-23(28)29)26-25(31)21(16-20-9-6-14-32-20)27-24(30)18-7-3-2-4-8-18/h2-4,6-9,11-12,14-16H,5,10,13H2,1H3,(H,26,31)(H,27,30)/b21-16-. The molecule has 2 aromatic carbocycles. The molecule has 162 valence electrons. The molecule has 0 atom stereocenters. The second kappa shape index (κ2) is 9.62. The molecule has 2 N–H and O–H groups in total. The van der Waals surface area contributed by atoms with Crippen molar-refractivity contribution in [2.75, 3.05) is 16.8 Å². The number of carbonyl (C=O) groups is 3. The van der Waals surface area contributed by atoms with E-state index < -0.39 is 5.91 Å². The first kappa shape index (κ1) is 21.5. The fourth-order valence-electron chi connectivity index (χ4n) is 3.60. The molecule has 1 aliphatic rings. The van der Waals surface area contributed by atoms with E-state index in [0.717, 1.165) is 22.5 Å². The summed E-state index contributed by atoms with van der Waals surface area (Å²) in [5.41, 5.74) is 2.96. The second-order valence-electron chi connectivity index (χ2n) is 7.50. The van der Waals surface area contributed by atoms with Crippen LogP contribution in [0.25, 0.3) is 6.08 Å². The van der Waals surface area contributed by atoms with Gasteiger partial charge >= 0.3 is 0 Å². The fraction of sp³-hybridized carbons (Fsp3) is 0.160. The molecular weight excluding hydrogens is 422 g/mol. The molecule has 1 fully saturated rings. The number of hydrogen-bond donors (Lipinski definition) is 2. The first-order chi connectivity index (χ1) is 15.5. The van der Waals surface area contributed by atoms with Crippen LogP contribution in [0.15, 0.2) is 71.7 Å². The predicted octanol–water partition coefficient (Wildman–Crippen LogP) is 4.59. The molecule has 0 aliphatic carbocycles. The van der Waals surface area contributed by atoms with Gasteiger partial charge in [0.1, 0.15) is 5.70 Å². The van der Waals surface area contributed by atoms with Crippen LogP contribution in [0.4, 0.5) is 11.4 Å². The van der Waals surface area contributed by atoms with Crippen molar-refractivity contribution in [1.29, 1.82) is 0 Å². The van der Waals surface area contributed by atoms with Crippen molar-refractivity contribution in [2.24, 2.45) is 0 Å². The predicted molar refractivity (Wildman–Crippen MR) is 128 cm³/mol. The Hall–Kier alpha value is -3.71. The summed E-state index contributed by atoms with van der Waals surface area (Å²) < 4.78 is 0. The van der Waals surface area contributed by atoms with Gasteiger partial charge in [-0.3, -0.25) is 14.4 Å². The smallest absolute Gasteiger partial charge is 0.272 e. The Kier molecular flexibility index (Phi) is 6.47. The maximum absolute atomic E-state index is 13.1. The maximum atomic E-state index is 13.1. The largest absolute Gasteiger partial charge is 0.321 e. The number of anilines is 2. The Bertz CT molecular complexity index is 1170. The van der Waals surface area contributed by atoms with Gasteiger partial charge in [0.25, 0.3) is 11.8 Å². The zero-order valence-electron chi connectivity index (χ0n) is 17.6. The van der Waals surface area contributed by atoms with Crippen LogP contribution in [-0.2, 0) is 9.59 Å². The molecule has 2 heterocycles. The summed E-state index contributed by atoms with van der Waals surface area (Å²) in [5.74, 6) is -0.663. The third kappa shape index (κ3) is 4.95. The van der Waals surface area contributed by atoms with Crippen LogP contribution < -0.4 is 15.5 Å². The lowest BCUT2D eigenvalue weighted by atomic mass is 10.1. The molecule has 6 nitrogen and oxygen atoms in total. The van der Waals surface area contributed by atoms with Crippen molar-refractivity contribution in [3.63, 3.8) is 0 Å². The molecule has 1 aliphatic heterocycles. The van der Waals surface area contributed by atoms with E-state index in [1.54, 1.807) is 41.3 Å². The highest BCUT2D eigenvalue weighted by atomic mass is 32.1. The van der Waals surface area contributed by atoms with Crippen LogP contribution in [0, 0.1) is 6.92 Å². The van der Waals surface area contributed by atoms with Crippen LogP contribution >= 0.6 is 11.3 Å². The third-order valence-electron chi connectivity index (χ3n) is 5.18. The van der Waals surface area contributed by atoms with Gasteiger partial charge in [-0.15, -0.1) is 11.3 Å². The molecule has 1 aromatic heterocycles. The van der Waals surface area contributed by atoms with E-state index >= 15 is 0 Å². The Morgan fingerprint density at radius 1 is 1.06 bits per heavy atom. The summed E-state index contributed by atoms with van der Waals surface area (Å²) in [4.78, 5) is 40.4. The summed E-state index contributed by atoms with van der Waals surface area (Å²) in [5, 5.41) is 7.50. The number of nitrogens with zero attached hydrogens (tertiary/aromatic N) is 1. The molecule has 4 rings (SSSR count). The highest BCUT2D eigenvalue weighted by molar-refractivity contribution is 7.10. The zero-order valence-corrected chi connectivity index (χ0v) is 18.4. The quantitative estimate of drug-likeness (QED) is 0.545. The Labute approximate surface area is 190 Å². The minimum absolute atomic E-state index is 0.120. The first-order valence-corrected chi connectivity index (χ1v) is 11.2. The van der Waals surface area contributed by atoms with Gasteiger partial charge in [-0.1, -0.05) is 24.3 Å². The van der Waals surface area contributed by atoms with Gasteiger partial charge in [0, 0.05) is 34.8 Å². The van der Waals surface area contributed by atoms with E-state index in [1.807, 2.05) is 42.6 Å². The molecule has 0 bridgehead atoms. The lowest BCUT2D eigenvalue weighted by Crippen LogP contribution is -2.30. The number of nitrogens with one attached hydrogen (secondary N) is 2. The molecule has 0 unspecified atom stereocenters. The summed E-state index contributed by atoms with van der Waals surface area (Å²) in [7, 11) is 0. The van der Waals surface area contributed by atoms with Crippen molar-refractivity contribution in [1.82, 2.24) is 5.32 Å². The molecule has 3 aromatic rings. The van der Waals surface area contributed by atoms with E-state index in [9.17, 15) is 14.4 Å². The highest BCUT2D eigenvalue weighted by Crippen LogP contribution is 2.27. The van der Waals surface area contributed by atoms with Crippen molar-refractivity contribution in [2.45, 2.75) is 19.8 Å². The van der Waals surface area contributed by atoms with E-state index in [-0.39, 0.29) is 17.5 Å². The lowest BCUT2D eigenvalue weighted by Gasteiger charge is -2.19. The minimum atomic E-state index is -0.424. The second-order valence-corrected chi connectivity index (χ2v) is 8.48. The Morgan fingerprint density at radius 2 is 1.88 bits per heavy atom. The van der Waals surface area contributed by atoms with Gasteiger partial charge in [0.05, 0.1) is 0 Å². The minimum Gasteiger partial charge on any atom is -0.321 e. The number of benzene rings is 2. The van der Waals surface area contributed by atoms with E-state index in [0.29, 0.717) is 24.2 Å². The Morgan fingerprint density at radius 3 is 2.53 bits per heavy atom. The summed E-state index contributed by atoms with van der Waals surface area (Å²) >= 11 is 1.47. The number of thiophene rings is 1.